The Morgan fingerprint density at radius 3 is 2.77 bits per heavy atom. The molecule has 2 aliphatic rings. The lowest BCUT2D eigenvalue weighted by Gasteiger charge is -2.34. The SMILES string of the molecule is COc1cccc2c1CC[C@@H]1[C@H]2CCN1CCCC(=O)c1ccccc1. The molecule has 0 aromatic heterocycles. The van der Waals surface area contributed by atoms with Gasteiger partial charge < -0.3 is 4.74 Å². The van der Waals surface area contributed by atoms with Crippen molar-refractivity contribution in [3.8, 4) is 5.75 Å². The number of ether oxygens (including phenoxy) is 1. The van der Waals surface area contributed by atoms with Crippen LogP contribution in [0, 0.1) is 0 Å². The van der Waals surface area contributed by atoms with Crippen LogP contribution in [-0.2, 0) is 6.42 Å². The maximum absolute atomic E-state index is 12.3. The molecule has 1 heterocycles. The van der Waals surface area contributed by atoms with Gasteiger partial charge >= 0.3 is 0 Å². The molecule has 2 aromatic carbocycles. The summed E-state index contributed by atoms with van der Waals surface area (Å²) in [7, 11) is 1.77. The fourth-order valence-electron chi connectivity index (χ4n) is 4.83. The Hall–Kier alpha value is -2.13. The number of hydrogen-bond acceptors (Lipinski definition) is 3. The molecule has 0 amide bonds. The van der Waals surface area contributed by atoms with Crippen molar-refractivity contribution < 1.29 is 9.53 Å². The lowest BCUT2D eigenvalue weighted by atomic mass is 9.79. The molecule has 0 saturated carbocycles. The van der Waals surface area contributed by atoms with Crippen LogP contribution in [0.1, 0.15) is 53.1 Å². The van der Waals surface area contributed by atoms with E-state index in [0.717, 1.165) is 37.2 Å². The van der Waals surface area contributed by atoms with Crippen molar-refractivity contribution in [2.75, 3.05) is 20.2 Å². The number of Topliss-reactive ketones (excluding diaryl/α,β-unsaturated/α-hetero) is 1. The van der Waals surface area contributed by atoms with Gasteiger partial charge in [0.1, 0.15) is 5.75 Å². The van der Waals surface area contributed by atoms with Crippen LogP contribution in [0.2, 0.25) is 0 Å². The summed E-state index contributed by atoms with van der Waals surface area (Å²) >= 11 is 0. The lowest BCUT2D eigenvalue weighted by molar-refractivity contribution is 0.0972. The van der Waals surface area contributed by atoms with Gasteiger partial charge in [-0.3, -0.25) is 9.69 Å². The van der Waals surface area contributed by atoms with Crippen LogP contribution in [0.4, 0.5) is 0 Å². The normalized spacial score (nSPS) is 21.9. The maximum atomic E-state index is 12.3. The number of fused-ring (bicyclic) bond motifs is 3. The molecule has 3 heteroatoms. The monoisotopic (exact) mass is 349 g/mol. The van der Waals surface area contributed by atoms with E-state index in [1.807, 2.05) is 30.3 Å². The van der Waals surface area contributed by atoms with Gasteiger partial charge in [-0.25, -0.2) is 0 Å². The summed E-state index contributed by atoms with van der Waals surface area (Å²) < 4.78 is 5.57. The number of nitrogens with zero attached hydrogens (tertiary/aromatic N) is 1. The minimum Gasteiger partial charge on any atom is -0.496 e. The van der Waals surface area contributed by atoms with E-state index in [2.05, 4.69) is 23.1 Å². The average Bonchev–Trinajstić information content (AvgIpc) is 3.11. The predicted molar refractivity (Wildman–Crippen MR) is 104 cm³/mol. The van der Waals surface area contributed by atoms with Gasteiger partial charge in [0.05, 0.1) is 7.11 Å². The molecule has 2 aromatic rings. The van der Waals surface area contributed by atoms with Crippen molar-refractivity contribution >= 4 is 5.78 Å². The topological polar surface area (TPSA) is 29.5 Å². The number of methoxy groups -OCH3 is 1. The van der Waals surface area contributed by atoms with E-state index in [1.165, 1.54) is 24.0 Å². The van der Waals surface area contributed by atoms with Crippen molar-refractivity contribution in [1.29, 1.82) is 0 Å². The maximum Gasteiger partial charge on any atom is 0.162 e. The van der Waals surface area contributed by atoms with Crippen molar-refractivity contribution in [3.63, 3.8) is 0 Å². The quantitative estimate of drug-likeness (QED) is 0.721. The molecule has 1 aliphatic heterocycles. The Morgan fingerprint density at radius 2 is 1.96 bits per heavy atom. The summed E-state index contributed by atoms with van der Waals surface area (Å²) in [5, 5.41) is 0. The molecule has 0 N–H and O–H groups in total. The average molecular weight is 349 g/mol. The van der Waals surface area contributed by atoms with Gasteiger partial charge in [-0.1, -0.05) is 42.5 Å². The summed E-state index contributed by atoms with van der Waals surface area (Å²) in [5.74, 6) is 1.94. The molecule has 0 unspecified atom stereocenters. The third-order valence-electron chi connectivity index (χ3n) is 6.08. The van der Waals surface area contributed by atoms with Crippen LogP contribution in [0.5, 0.6) is 5.75 Å². The molecule has 26 heavy (non-hydrogen) atoms. The molecule has 1 aliphatic carbocycles. The van der Waals surface area contributed by atoms with Crippen LogP contribution in [0.15, 0.2) is 48.5 Å². The van der Waals surface area contributed by atoms with E-state index in [-0.39, 0.29) is 5.78 Å². The van der Waals surface area contributed by atoms with Gasteiger partial charge in [-0.2, -0.15) is 0 Å². The van der Waals surface area contributed by atoms with Gasteiger partial charge in [0, 0.05) is 23.9 Å². The number of carbonyl (C=O) groups excluding carboxylic acids is 1. The summed E-state index contributed by atoms with van der Waals surface area (Å²) in [4.78, 5) is 14.9. The third kappa shape index (κ3) is 3.28. The van der Waals surface area contributed by atoms with Gasteiger partial charge in [0.2, 0.25) is 0 Å². The van der Waals surface area contributed by atoms with Gasteiger partial charge in [0.15, 0.2) is 5.78 Å². The van der Waals surface area contributed by atoms with Crippen LogP contribution < -0.4 is 4.74 Å². The van der Waals surface area contributed by atoms with Crippen molar-refractivity contribution in [1.82, 2.24) is 4.90 Å². The Kier molecular flexibility index (Phi) is 5.07. The largest absolute Gasteiger partial charge is 0.496 e. The number of likely N-dealkylation sites (tertiary alicyclic amines) is 1. The standard InChI is InChI=1S/C23H27NO2/c1-26-23-11-5-9-18-19-14-16-24(21(19)13-12-20(18)23)15-6-10-22(25)17-7-3-2-4-8-17/h2-5,7-9,11,19,21H,6,10,12-16H2,1H3/t19-,21+/m0/s1. The second-order valence-electron chi connectivity index (χ2n) is 7.46. The van der Waals surface area contributed by atoms with E-state index < -0.39 is 0 Å². The molecule has 4 rings (SSSR count). The van der Waals surface area contributed by atoms with Gasteiger partial charge in [-0.15, -0.1) is 0 Å². The van der Waals surface area contributed by atoms with E-state index in [0.29, 0.717) is 18.4 Å². The first kappa shape index (κ1) is 17.3. The number of hydrogen-bond donors (Lipinski definition) is 0. The Bertz CT molecular complexity index is 771. The zero-order valence-corrected chi connectivity index (χ0v) is 15.5. The highest BCUT2D eigenvalue weighted by Gasteiger charge is 2.38. The first-order chi connectivity index (χ1) is 12.8. The van der Waals surface area contributed by atoms with E-state index in [4.69, 9.17) is 4.74 Å². The second-order valence-corrected chi connectivity index (χ2v) is 7.46. The summed E-state index contributed by atoms with van der Waals surface area (Å²) in [5.41, 5.74) is 3.74. The molecular formula is C23H27NO2. The number of rotatable bonds is 6. The highest BCUT2D eigenvalue weighted by atomic mass is 16.5. The molecular weight excluding hydrogens is 322 g/mol. The van der Waals surface area contributed by atoms with Gasteiger partial charge in [-0.05, 0) is 56.0 Å². The van der Waals surface area contributed by atoms with Crippen molar-refractivity contribution in [3.05, 3.63) is 65.2 Å². The molecule has 0 spiro atoms. The number of benzene rings is 2. The smallest absolute Gasteiger partial charge is 0.162 e. The minimum absolute atomic E-state index is 0.264. The van der Waals surface area contributed by atoms with Crippen molar-refractivity contribution in [2.45, 2.75) is 44.1 Å². The van der Waals surface area contributed by atoms with E-state index in [1.54, 1.807) is 7.11 Å². The molecule has 3 nitrogen and oxygen atoms in total. The second kappa shape index (κ2) is 7.63. The Balaban J connectivity index is 1.37. The Labute approximate surface area is 156 Å². The van der Waals surface area contributed by atoms with Crippen molar-refractivity contribution in [2.24, 2.45) is 0 Å². The summed E-state index contributed by atoms with van der Waals surface area (Å²) in [6.07, 6.45) is 5.10. The molecule has 2 atom stereocenters. The fraction of sp³-hybridized carbons (Fsp3) is 0.435. The highest BCUT2D eigenvalue weighted by molar-refractivity contribution is 5.95. The summed E-state index contributed by atoms with van der Waals surface area (Å²) in [6.45, 7) is 2.17. The Morgan fingerprint density at radius 1 is 1.12 bits per heavy atom. The predicted octanol–water partition coefficient (Wildman–Crippen LogP) is 4.46. The van der Waals surface area contributed by atoms with Crippen LogP contribution in [0.3, 0.4) is 0 Å². The zero-order chi connectivity index (χ0) is 17.9. The van der Waals surface area contributed by atoms with E-state index >= 15 is 0 Å². The zero-order valence-electron chi connectivity index (χ0n) is 15.5. The molecule has 1 saturated heterocycles. The van der Waals surface area contributed by atoms with Crippen LogP contribution in [-0.4, -0.2) is 36.9 Å². The third-order valence-corrected chi connectivity index (χ3v) is 6.08. The van der Waals surface area contributed by atoms with Gasteiger partial charge in [0.25, 0.3) is 0 Å². The molecule has 1 fully saturated rings. The first-order valence-corrected chi connectivity index (χ1v) is 9.76. The summed E-state index contributed by atoms with van der Waals surface area (Å²) in [6, 6.07) is 16.8. The fourth-order valence-corrected chi connectivity index (χ4v) is 4.83. The van der Waals surface area contributed by atoms with Crippen LogP contribution in [0.25, 0.3) is 0 Å². The molecule has 136 valence electrons. The minimum atomic E-state index is 0.264. The van der Waals surface area contributed by atoms with Crippen LogP contribution >= 0.6 is 0 Å². The number of carbonyl (C=O) groups is 1. The lowest BCUT2D eigenvalue weighted by Crippen LogP contribution is -2.36. The molecule has 0 radical (unpaired) electrons. The number of ketones is 1. The first-order valence-electron chi connectivity index (χ1n) is 9.76. The molecule has 0 bridgehead atoms. The van der Waals surface area contributed by atoms with E-state index in [9.17, 15) is 4.79 Å². The highest BCUT2D eigenvalue weighted by Crippen LogP contribution is 2.44.